The topological polar surface area (TPSA) is 50.9 Å². The molecule has 3 heterocycles. The SMILES string of the molecule is Cc1cccnc1Cn1cc(CO)c2cccnc21. The zero-order valence-electron chi connectivity index (χ0n) is 10.7. The molecule has 0 aromatic carbocycles. The molecule has 0 saturated heterocycles. The van der Waals surface area contributed by atoms with Crippen LogP contribution in [-0.4, -0.2) is 19.6 Å². The Morgan fingerprint density at radius 1 is 1.16 bits per heavy atom. The number of hydrogen-bond donors (Lipinski definition) is 1. The van der Waals surface area contributed by atoms with Gasteiger partial charge in [-0.15, -0.1) is 0 Å². The first-order chi connectivity index (χ1) is 9.29. The van der Waals surface area contributed by atoms with E-state index in [2.05, 4.69) is 23.0 Å². The maximum Gasteiger partial charge on any atom is 0.140 e. The lowest BCUT2D eigenvalue weighted by Gasteiger charge is -2.06. The normalized spacial score (nSPS) is 11.1. The number of pyridine rings is 2. The van der Waals surface area contributed by atoms with Gasteiger partial charge in [0.15, 0.2) is 0 Å². The van der Waals surface area contributed by atoms with Crippen molar-refractivity contribution in [2.75, 3.05) is 0 Å². The maximum atomic E-state index is 9.41. The molecule has 4 heteroatoms. The molecule has 0 aliphatic carbocycles. The van der Waals surface area contributed by atoms with Crippen LogP contribution in [0.15, 0.2) is 42.9 Å². The van der Waals surface area contributed by atoms with E-state index in [1.807, 2.05) is 29.0 Å². The summed E-state index contributed by atoms with van der Waals surface area (Å²) in [7, 11) is 0. The third-order valence-electron chi connectivity index (χ3n) is 3.32. The third-order valence-corrected chi connectivity index (χ3v) is 3.32. The Kier molecular flexibility index (Phi) is 3.01. The fraction of sp³-hybridized carbons (Fsp3) is 0.200. The minimum Gasteiger partial charge on any atom is -0.392 e. The quantitative estimate of drug-likeness (QED) is 0.779. The Balaban J connectivity index is 2.09. The van der Waals surface area contributed by atoms with Crippen molar-refractivity contribution in [2.24, 2.45) is 0 Å². The zero-order valence-corrected chi connectivity index (χ0v) is 10.7. The number of aliphatic hydroxyl groups excluding tert-OH is 1. The van der Waals surface area contributed by atoms with Crippen LogP contribution in [0.2, 0.25) is 0 Å². The van der Waals surface area contributed by atoms with E-state index in [0.717, 1.165) is 27.9 Å². The molecule has 0 saturated carbocycles. The van der Waals surface area contributed by atoms with Gasteiger partial charge in [-0.2, -0.15) is 0 Å². The van der Waals surface area contributed by atoms with Gasteiger partial charge < -0.3 is 9.67 Å². The monoisotopic (exact) mass is 253 g/mol. The molecule has 0 bridgehead atoms. The molecule has 0 unspecified atom stereocenters. The van der Waals surface area contributed by atoms with E-state index >= 15 is 0 Å². The summed E-state index contributed by atoms with van der Waals surface area (Å²) in [5, 5.41) is 10.4. The molecule has 19 heavy (non-hydrogen) atoms. The van der Waals surface area contributed by atoms with E-state index in [0.29, 0.717) is 6.54 Å². The second-order valence-corrected chi connectivity index (χ2v) is 4.58. The zero-order chi connectivity index (χ0) is 13.2. The van der Waals surface area contributed by atoms with Crippen LogP contribution in [0.5, 0.6) is 0 Å². The van der Waals surface area contributed by atoms with E-state index in [4.69, 9.17) is 0 Å². The number of nitrogens with zero attached hydrogens (tertiary/aromatic N) is 3. The fourth-order valence-electron chi connectivity index (χ4n) is 2.29. The van der Waals surface area contributed by atoms with Crippen LogP contribution in [-0.2, 0) is 13.2 Å². The van der Waals surface area contributed by atoms with Gasteiger partial charge in [-0.05, 0) is 30.7 Å². The molecule has 0 radical (unpaired) electrons. The molecule has 0 spiro atoms. The van der Waals surface area contributed by atoms with Crippen LogP contribution in [0.3, 0.4) is 0 Å². The summed E-state index contributed by atoms with van der Waals surface area (Å²) in [6, 6.07) is 7.85. The first-order valence-electron chi connectivity index (χ1n) is 6.23. The molecule has 3 aromatic heterocycles. The molecule has 0 amide bonds. The van der Waals surface area contributed by atoms with Crippen LogP contribution in [0, 0.1) is 6.92 Å². The summed E-state index contributed by atoms with van der Waals surface area (Å²) in [5.74, 6) is 0. The average molecular weight is 253 g/mol. The number of aromatic nitrogens is 3. The Hall–Kier alpha value is -2.20. The molecule has 1 N–H and O–H groups in total. The standard InChI is InChI=1S/C15H15N3O/c1-11-4-2-6-16-14(11)9-18-8-12(10-19)13-5-3-7-17-15(13)18/h2-8,19H,9-10H2,1H3. The van der Waals surface area contributed by atoms with Crippen LogP contribution in [0.1, 0.15) is 16.8 Å². The van der Waals surface area contributed by atoms with E-state index in [1.54, 1.807) is 12.4 Å². The summed E-state index contributed by atoms with van der Waals surface area (Å²) >= 11 is 0. The highest BCUT2D eigenvalue weighted by Gasteiger charge is 2.09. The molecule has 3 aromatic rings. The van der Waals surface area contributed by atoms with E-state index in [9.17, 15) is 5.11 Å². The van der Waals surface area contributed by atoms with Crippen molar-refractivity contribution in [1.82, 2.24) is 14.5 Å². The van der Waals surface area contributed by atoms with Gasteiger partial charge in [-0.1, -0.05) is 6.07 Å². The van der Waals surface area contributed by atoms with E-state index < -0.39 is 0 Å². The highest BCUT2D eigenvalue weighted by Crippen LogP contribution is 2.20. The van der Waals surface area contributed by atoms with Gasteiger partial charge in [0.1, 0.15) is 5.65 Å². The minimum absolute atomic E-state index is 0.0242. The molecule has 96 valence electrons. The number of rotatable bonds is 3. The predicted octanol–water partition coefficient (Wildman–Crippen LogP) is 2.28. The molecule has 0 atom stereocenters. The van der Waals surface area contributed by atoms with Gasteiger partial charge >= 0.3 is 0 Å². The van der Waals surface area contributed by atoms with Crippen molar-refractivity contribution in [3.8, 4) is 0 Å². The molecule has 4 nitrogen and oxygen atoms in total. The van der Waals surface area contributed by atoms with Gasteiger partial charge in [-0.25, -0.2) is 4.98 Å². The van der Waals surface area contributed by atoms with Crippen LogP contribution in [0.25, 0.3) is 11.0 Å². The number of aryl methyl sites for hydroxylation is 1. The molecular weight excluding hydrogens is 238 g/mol. The summed E-state index contributed by atoms with van der Waals surface area (Å²) in [5.41, 5.74) is 3.97. The lowest BCUT2D eigenvalue weighted by Crippen LogP contribution is -2.03. The van der Waals surface area contributed by atoms with E-state index in [-0.39, 0.29) is 6.61 Å². The summed E-state index contributed by atoms with van der Waals surface area (Å²) < 4.78 is 2.04. The average Bonchev–Trinajstić information content (AvgIpc) is 2.80. The van der Waals surface area contributed by atoms with Crippen molar-refractivity contribution >= 4 is 11.0 Å². The summed E-state index contributed by atoms with van der Waals surface area (Å²) in [6.45, 7) is 2.74. The van der Waals surface area contributed by atoms with E-state index in [1.165, 1.54) is 0 Å². The fourth-order valence-corrected chi connectivity index (χ4v) is 2.29. The van der Waals surface area contributed by atoms with Crippen molar-refractivity contribution in [1.29, 1.82) is 0 Å². The molecular formula is C15H15N3O. The van der Waals surface area contributed by atoms with Gasteiger partial charge in [0, 0.05) is 29.5 Å². The highest BCUT2D eigenvalue weighted by molar-refractivity contribution is 5.80. The number of fused-ring (bicyclic) bond motifs is 1. The Morgan fingerprint density at radius 3 is 2.74 bits per heavy atom. The van der Waals surface area contributed by atoms with Crippen LogP contribution in [0.4, 0.5) is 0 Å². The Bertz CT molecular complexity index is 718. The summed E-state index contributed by atoms with van der Waals surface area (Å²) in [4.78, 5) is 8.80. The number of aliphatic hydroxyl groups is 1. The maximum absolute atomic E-state index is 9.41. The lowest BCUT2D eigenvalue weighted by atomic mass is 10.2. The van der Waals surface area contributed by atoms with Crippen molar-refractivity contribution < 1.29 is 5.11 Å². The Morgan fingerprint density at radius 2 is 1.95 bits per heavy atom. The molecule has 3 rings (SSSR count). The second kappa shape index (κ2) is 4.82. The number of hydrogen-bond acceptors (Lipinski definition) is 3. The first kappa shape index (κ1) is 11.9. The second-order valence-electron chi connectivity index (χ2n) is 4.58. The lowest BCUT2D eigenvalue weighted by molar-refractivity contribution is 0.283. The molecule has 0 aliphatic heterocycles. The van der Waals surface area contributed by atoms with Gasteiger partial charge in [0.25, 0.3) is 0 Å². The van der Waals surface area contributed by atoms with Crippen molar-refractivity contribution in [3.05, 3.63) is 59.7 Å². The minimum atomic E-state index is 0.0242. The Labute approximate surface area is 111 Å². The van der Waals surface area contributed by atoms with Crippen molar-refractivity contribution in [3.63, 3.8) is 0 Å². The highest BCUT2D eigenvalue weighted by atomic mass is 16.3. The smallest absolute Gasteiger partial charge is 0.140 e. The first-order valence-corrected chi connectivity index (χ1v) is 6.23. The summed E-state index contributed by atoms with van der Waals surface area (Å²) in [6.07, 6.45) is 5.52. The molecule has 0 aliphatic rings. The van der Waals surface area contributed by atoms with Crippen molar-refractivity contribution in [2.45, 2.75) is 20.1 Å². The predicted molar refractivity (Wildman–Crippen MR) is 73.7 cm³/mol. The molecule has 0 fully saturated rings. The third kappa shape index (κ3) is 2.11. The largest absolute Gasteiger partial charge is 0.392 e. The van der Waals surface area contributed by atoms with Gasteiger partial charge in [0.05, 0.1) is 18.8 Å². The van der Waals surface area contributed by atoms with Crippen LogP contribution >= 0.6 is 0 Å². The van der Waals surface area contributed by atoms with Crippen LogP contribution < -0.4 is 0 Å². The van der Waals surface area contributed by atoms with Gasteiger partial charge in [-0.3, -0.25) is 4.98 Å². The van der Waals surface area contributed by atoms with Gasteiger partial charge in [0.2, 0.25) is 0 Å².